The van der Waals surface area contributed by atoms with E-state index >= 15 is 0 Å². The molecule has 0 saturated carbocycles. The highest BCUT2D eigenvalue weighted by Crippen LogP contribution is 2.11. The molecule has 0 unspecified atom stereocenters. The number of thiazole rings is 1. The molecule has 1 aliphatic rings. The number of nitrogens with zero attached hydrogens (tertiary/aromatic N) is 2. The molecule has 0 atom stereocenters. The van der Waals surface area contributed by atoms with Gasteiger partial charge in [0.2, 0.25) is 0 Å². The van der Waals surface area contributed by atoms with Gasteiger partial charge in [-0.05, 0) is 13.8 Å². The molecule has 84 valence electrons. The van der Waals surface area contributed by atoms with Gasteiger partial charge in [-0.2, -0.15) is 0 Å². The van der Waals surface area contributed by atoms with Crippen molar-refractivity contribution in [1.82, 2.24) is 15.2 Å². The normalized spacial score (nSPS) is 21.7. The van der Waals surface area contributed by atoms with E-state index in [1.165, 1.54) is 5.01 Å². The largest absolute Gasteiger partial charge is 0.309 e. The number of nitrogens with one attached hydrogen (secondary N) is 1. The van der Waals surface area contributed by atoms with Crippen molar-refractivity contribution in [2.45, 2.75) is 25.8 Å². The van der Waals surface area contributed by atoms with Crippen LogP contribution in [0.5, 0.6) is 0 Å². The Morgan fingerprint density at radius 2 is 2.47 bits per heavy atom. The Kier molecular flexibility index (Phi) is 3.38. The van der Waals surface area contributed by atoms with Crippen molar-refractivity contribution in [3.8, 4) is 0 Å². The maximum atomic E-state index is 4.31. The Morgan fingerprint density at radius 1 is 1.60 bits per heavy atom. The Morgan fingerprint density at radius 3 is 3.13 bits per heavy atom. The first-order chi connectivity index (χ1) is 7.16. The SMILES string of the molecule is CC1(C)CN(CCc2nccs2)CCN1. The molecule has 3 nitrogen and oxygen atoms in total. The van der Waals surface area contributed by atoms with Gasteiger partial charge in [0.25, 0.3) is 0 Å². The third kappa shape index (κ3) is 3.26. The zero-order chi connectivity index (χ0) is 10.7. The number of rotatable bonds is 3. The minimum Gasteiger partial charge on any atom is -0.309 e. The lowest BCUT2D eigenvalue weighted by molar-refractivity contribution is 0.156. The Bertz CT molecular complexity index is 295. The van der Waals surface area contributed by atoms with Gasteiger partial charge < -0.3 is 5.32 Å². The van der Waals surface area contributed by atoms with E-state index in [1.54, 1.807) is 11.3 Å². The van der Waals surface area contributed by atoms with E-state index in [0.29, 0.717) is 0 Å². The summed E-state index contributed by atoms with van der Waals surface area (Å²) >= 11 is 1.76. The van der Waals surface area contributed by atoms with Gasteiger partial charge in [-0.1, -0.05) is 0 Å². The van der Waals surface area contributed by atoms with Crippen LogP contribution in [0.4, 0.5) is 0 Å². The molecule has 2 rings (SSSR count). The van der Waals surface area contributed by atoms with Gasteiger partial charge in [0, 0.05) is 49.7 Å². The highest BCUT2D eigenvalue weighted by Gasteiger charge is 2.25. The van der Waals surface area contributed by atoms with Crippen LogP contribution in [-0.4, -0.2) is 41.6 Å². The molecule has 1 aromatic heterocycles. The smallest absolute Gasteiger partial charge is 0.0937 e. The quantitative estimate of drug-likeness (QED) is 0.842. The van der Waals surface area contributed by atoms with Crippen molar-refractivity contribution in [3.63, 3.8) is 0 Å². The van der Waals surface area contributed by atoms with Crippen LogP contribution in [0.25, 0.3) is 0 Å². The van der Waals surface area contributed by atoms with Gasteiger partial charge in [-0.15, -0.1) is 11.3 Å². The standard InChI is InChI=1S/C11H19N3S/c1-11(2)9-14(7-4-13-11)6-3-10-12-5-8-15-10/h5,8,13H,3-4,6-7,9H2,1-2H3. The molecule has 1 aromatic rings. The van der Waals surface area contributed by atoms with E-state index < -0.39 is 0 Å². The predicted octanol–water partition coefficient (Wildman–Crippen LogP) is 1.37. The lowest BCUT2D eigenvalue weighted by Crippen LogP contribution is -2.57. The van der Waals surface area contributed by atoms with E-state index in [2.05, 4.69) is 34.4 Å². The molecule has 1 fully saturated rings. The van der Waals surface area contributed by atoms with Crippen LogP contribution in [0.15, 0.2) is 11.6 Å². The van der Waals surface area contributed by atoms with Crippen molar-refractivity contribution in [3.05, 3.63) is 16.6 Å². The maximum absolute atomic E-state index is 4.31. The summed E-state index contributed by atoms with van der Waals surface area (Å²) in [6.07, 6.45) is 2.98. The van der Waals surface area contributed by atoms with E-state index in [0.717, 1.165) is 32.6 Å². The third-order valence-corrected chi connectivity index (χ3v) is 3.62. The fraction of sp³-hybridized carbons (Fsp3) is 0.727. The highest BCUT2D eigenvalue weighted by molar-refractivity contribution is 7.09. The molecular weight excluding hydrogens is 206 g/mol. The molecule has 0 amide bonds. The first kappa shape index (κ1) is 11.0. The Hall–Kier alpha value is -0.450. The molecule has 15 heavy (non-hydrogen) atoms. The van der Waals surface area contributed by atoms with Gasteiger partial charge >= 0.3 is 0 Å². The monoisotopic (exact) mass is 225 g/mol. The van der Waals surface area contributed by atoms with Crippen LogP contribution >= 0.6 is 11.3 Å². The van der Waals surface area contributed by atoms with Crippen molar-refractivity contribution in [1.29, 1.82) is 0 Å². The summed E-state index contributed by atoms with van der Waals surface area (Å²) in [6, 6.07) is 0. The summed E-state index contributed by atoms with van der Waals surface area (Å²) < 4.78 is 0. The fourth-order valence-electron chi connectivity index (χ4n) is 2.07. The summed E-state index contributed by atoms with van der Waals surface area (Å²) in [5.74, 6) is 0. The molecule has 2 heterocycles. The molecule has 0 radical (unpaired) electrons. The molecule has 0 aliphatic carbocycles. The first-order valence-corrected chi connectivity index (χ1v) is 6.39. The molecule has 4 heteroatoms. The van der Waals surface area contributed by atoms with E-state index in [4.69, 9.17) is 0 Å². The van der Waals surface area contributed by atoms with Crippen molar-refractivity contribution in [2.24, 2.45) is 0 Å². The van der Waals surface area contributed by atoms with Crippen molar-refractivity contribution < 1.29 is 0 Å². The lowest BCUT2D eigenvalue weighted by atomic mass is 10.0. The molecule has 0 spiro atoms. The third-order valence-electron chi connectivity index (χ3n) is 2.78. The minimum atomic E-state index is 0.265. The highest BCUT2D eigenvalue weighted by atomic mass is 32.1. The molecule has 1 N–H and O–H groups in total. The molecule has 1 saturated heterocycles. The fourth-order valence-corrected chi connectivity index (χ4v) is 2.68. The van der Waals surface area contributed by atoms with Gasteiger partial charge in [-0.3, -0.25) is 4.90 Å². The number of piperazine rings is 1. The second-order valence-electron chi connectivity index (χ2n) is 4.76. The second-order valence-corrected chi connectivity index (χ2v) is 5.74. The van der Waals surface area contributed by atoms with Crippen LogP contribution in [-0.2, 0) is 6.42 Å². The maximum Gasteiger partial charge on any atom is 0.0937 e. The molecule has 0 aromatic carbocycles. The minimum absolute atomic E-state index is 0.265. The van der Waals surface area contributed by atoms with Crippen molar-refractivity contribution >= 4 is 11.3 Å². The summed E-state index contributed by atoms with van der Waals surface area (Å²) in [5, 5.41) is 6.84. The molecular formula is C11H19N3S. The first-order valence-electron chi connectivity index (χ1n) is 5.51. The van der Waals surface area contributed by atoms with E-state index in [9.17, 15) is 0 Å². The van der Waals surface area contributed by atoms with Crippen LogP contribution in [0.2, 0.25) is 0 Å². The number of hydrogen-bond donors (Lipinski definition) is 1. The predicted molar refractivity (Wildman–Crippen MR) is 64.3 cm³/mol. The van der Waals surface area contributed by atoms with Crippen molar-refractivity contribution in [2.75, 3.05) is 26.2 Å². The Balaban J connectivity index is 1.80. The Labute approximate surface area is 95.5 Å². The van der Waals surface area contributed by atoms with Crippen LogP contribution in [0.3, 0.4) is 0 Å². The zero-order valence-corrected chi connectivity index (χ0v) is 10.3. The molecule has 1 aliphatic heterocycles. The van der Waals surface area contributed by atoms with Gasteiger partial charge in [0.05, 0.1) is 5.01 Å². The van der Waals surface area contributed by atoms with Gasteiger partial charge in [0.15, 0.2) is 0 Å². The van der Waals surface area contributed by atoms with Crippen LogP contribution in [0.1, 0.15) is 18.9 Å². The van der Waals surface area contributed by atoms with E-state index in [1.807, 2.05) is 6.20 Å². The van der Waals surface area contributed by atoms with Gasteiger partial charge in [-0.25, -0.2) is 4.98 Å². The van der Waals surface area contributed by atoms with Crippen LogP contribution < -0.4 is 5.32 Å². The van der Waals surface area contributed by atoms with Gasteiger partial charge in [0.1, 0.15) is 0 Å². The average molecular weight is 225 g/mol. The second kappa shape index (κ2) is 4.60. The average Bonchev–Trinajstić information content (AvgIpc) is 2.65. The lowest BCUT2D eigenvalue weighted by Gasteiger charge is -2.39. The topological polar surface area (TPSA) is 28.2 Å². The summed E-state index contributed by atoms with van der Waals surface area (Å²) in [5.41, 5.74) is 0.265. The zero-order valence-electron chi connectivity index (χ0n) is 9.49. The summed E-state index contributed by atoms with van der Waals surface area (Å²) in [4.78, 5) is 6.84. The van der Waals surface area contributed by atoms with E-state index in [-0.39, 0.29) is 5.54 Å². The number of hydrogen-bond acceptors (Lipinski definition) is 4. The number of aromatic nitrogens is 1. The summed E-state index contributed by atoms with van der Waals surface area (Å²) in [6.45, 7) is 9.07. The van der Waals surface area contributed by atoms with Crippen LogP contribution in [0, 0.1) is 0 Å². The molecule has 0 bridgehead atoms. The summed E-state index contributed by atoms with van der Waals surface area (Å²) in [7, 11) is 0.